The second-order valence-corrected chi connectivity index (χ2v) is 6.11. The van der Waals surface area contributed by atoms with E-state index in [1.54, 1.807) is 6.07 Å². The van der Waals surface area contributed by atoms with Crippen LogP contribution in [0.4, 0.5) is 0 Å². The number of aromatic nitrogens is 2. The Kier molecular flexibility index (Phi) is 4.19. The molecular weight excluding hydrogens is 304 g/mol. The van der Waals surface area contributed by atoms with Crippen molar-refractivity contribution in [1.82, 2.24) is 20.2 Å². The van der Waals surface area contributed by atoms with Gasteiger partial charge in [-0.1, -0.05) is 0 Å². The standard InChI is InChI=1S/C14H16N4O3S/c19-11-7-9(1-3-15-11)12(20)16-4-5-18-8-17-13-10(14(18)21)2-6-22-13/h2,6,8-9H,1,3-5,7H2,(H,15,19)(H,16,20). The lowest BCUT2D eigenvalue weighted by atomic mass is 9.97. The SMILES string of the molecule is O=C1CC(C(=O)NCCn2cnc3sccc3c2=O)CCN1. The van der Waals surface area contributed by atoms with Crippen LogP contribution < -0.4 is 16.2 Å². The van der Waals surface area contributed by atoms with Gasteiger partial charge in [0, 0.05) is 32.0 Å². The number of carbonyl (C=O) groups excluding carboxylic acids is 2. The summed E-state index contributed by atoms with van der Waals surface area (Å²) in [6, 6.07) is 1.76. The van der Waals surface area contributed by atoms with Crippen molar-refractivity contribution in [3.63, 3.8) is 0 Å². The lowest BCUT2D eigenvalue weighted by molar-refractivity contribution is -0.132. The van der Waals surface area contributed by atoms with E-state index in [4.69, 9.17) is 0 Å². The molecule has 116 valence electrons. The van der Waals surface area contributed by atoms with Gasteiger partial charge in [0.1, 0.15) is 4.83 Å². The van der Waals surface area contributed by atoms with E-state index < -0.39 is 0 Å². The van der Waals surface area contributed by atoms with Gasteiger partial charge in [0.2, 0.25) is 11.8 Å². The molecule has 0 saturated carbocycles. The number of amides is 2. The lowest BCUT2D eigenvalue weighted by Gasteiger charge is -2.21. The Bertz CT molecular complexity index is 767. The van der Waals surface area contributed by atoms with Crippen molar-refractivity contribution < 1.29 is 9.59 Å². The van der Waals surface area contributed by atoms with Crippen LogP contribution in [0.5, 0.6) is 0 Å². The predicted octanol–water partition coefficient (Wildman–Crippen LogP) is 0.100. The van der Waals surface area contributed by atoms with E-state index in [2.05, 4.69) is 15.6 Å². The first-order valence-electron chi connectivity index (χ1n) is 7.12. The quantitative estimate of drug-likeness (QED) is 0.835. The first-order chi connectivity index (χ1) is 10.6. The average molecular weight is 320 g/mol. The normalized spacial score (nSPS) is 18.2. The van der Waals surface area contributed by atoms with Gasteiger partial charge < -0.3 is 10.6 Å². The van der Waals surface area contributed by atoms with E-state index in [9.17, 15) is 14.4 Å². The average Bonchev–Trinajstić information content (AvgIpc) is 2.99. The maximum atomic E-state index is 12.2. The Morgan fingerprint density at radius 2 is 2.36 bits per heavy atom. The minimum atomic E-state index is -0.275. The van der Waals surface area contributed by atoms with E-state index in [1.165, 1.54) is 22.2 Å². The zero-order chi connectivity index (χ0) is 15.5. The van der Waals surface area contributed by atoms with Gasteiger partial charge in [-0.2, -0.15) is 0 Å². The lowest BCUT2D eigenvalue weighted by Crippen LogP contribution is -2.42. The number of hydrogen-bond acceptors (Lipinski definition) is 5. The highest BCUT2D eigenvalue weighted by Gasteiger charge is 2.25. The van der Waals surface area contributed by atoms with Crippen LogP contribution in [-0.4, -0.2) is 34.5 Å². The van der Waals surface area contributed by atoms with Gasteiger partial charge in [-0.15, -0.1) is 11.3 Å². The third-order valence-corrected chi connectivity index (χ3v) is 4.54. The Hall–Kier alpha value is -2.22. The molecular formula is C14H16N4O3S. The number of rotatable bonds is 4. The zero-order valence-corrected chi connectivity index (χ0v) is 12.7. The summed E-state index contributed by atoms with van der Waals surface area (Å²) >= 11 is 1.43. The van der Waals surface area contributed by atoms with Crippen LogP contribution in [0.2, 0.25) is 0 Å². The van der Waals surface area contributed by atoms with Crippen LogP contribution in [0.15, 0.2) is 22.6 Å². The van der Waals surface area contributed by atoms with E-state index in [0.29, 0.717) is 31.4 Å². The van der Waals surface area contributed by atoms with Crippen LogP contribution in [0, 0.1) is 5.92 Å². The van der Waals surface area contributed by atoms with Gasteiger partial charge in [0.05, 0.1) is 11.7 Å². The van der Waals surface area contributed by atoms with Gasteiger partial charge in [0.25, 0.3) is 5.56 Å². The molecule has 0 aliphatic carbocycles. The zero-order valence-electron chi connectivity index (χ0n) is 11.9. The molecule has 1 saturated heterocycles. The van der Waals surface area contributed by atoms with Crippen LogP contribution in [-0.2, 0) is 16.1 Å². The van der Waals surface area contributed by atoms with Gasteiger partial charge in [-0.25, -0.2) is 4.98 Å². The summed E-state index contributed by atoms with van der Waals surface area (Å²) in [5.41, 5.74) is -0.0995. The van der Waals surface area contributed by atoms with E-state index in [0.717, 1.165) is 4.83 Å². The Morgan fingerprint density at radius 3 is 3.18 bits per heavy atom. The van der Waals surface area contributed by atoms with E-state index >= 15 is 0 Å². The van der Waals surface area contributed by atoms with Gasteiger partial charge in [-0.05, 0) is 17.9 Å². The molecule has 0 bridgehead atoms. The number of carbonyl (C=O) groups is 2. The summed E-state index contributed by atoms with van der Waals surface area (Å²) in [7, 11) is 0. The van der Waals surface area contributed by atoms with Crippen molar-refractivity contribution in [1.29, 1.82) is 0 Å². The van der Waals surface area contributed by atoms with Gasteiger partial charge in [0.15, 0.2) is 0 Å². The highest BCUT2D eigenvalue weighted by molar-refractivity contribution is 7.16. The molecule has 0 radical (unpaired) electrons. The number of nitrogens with zero attached hydrogens (tertiary/aromatic N) is 2. The molecule has 2 aromatic rings. The predicted molar refractivity (Wildman–Crippen MR) is 82.6 cm³/mol. The largest absolute Gasteiger partial charge is 0.356 e. The second kappa shape index (κ2) is 6.27. The van der Waals surface area contributed by atoms with Crippen molar-refractivity contribution in [2.75, 3.05) is 13.1 Å². The van der Waals surface area contributed by atoms with Crippen molar-refractivity contribution in [3.05, 3.63) is 28.1 Å². The molecule has 1 fully saturated rings. The molecule has 1 atom stereocenters. The Morgan fingerprint density at radius 1 is 1.50 bits per heavy atom. The fourth-order valence-electron chi connectivity index (χ4n) is 2.50. The molecule has 8 heteroatoms. The number of nitrogens with one attached hydrogen (secondary N) is 2. The topological polar surface area (TPSA) is 93.1 Å². The van der Waals surface area contributed by atoms with Crippen LogP contribution in [0.25, 0.3) is 10.2 Å². The summed E-state index contributed by atoms with van der Waals surface area (Å²) in [5.74, 6) is -0.495. The minimum absolute atomic E-state index is 0.0882. The van der Waals surface area contributed by atoms with Crippen molar-refractivity contribution >= 4 is 33.4 Å². The highest BCUT2D eigenvalue weighted by Crippen LogP contribution is 2.13. The molecule has 2 N–H and O–H groups in total. The molecule has 22 heavy (non-hydrogen) atoms. The van der Waals surface area contributed by atoms with E-state index in [1.807, 2.05) is 5.38 Å². The molecule has 7 nitrogen and oxygen atoms in total. The molecule has 1 aliphatic rings. The first kappa shape index (κ1) is 14.7. The van der Waals surface area contributed by atoms with Gasteiger partial charge >= 0.3 is 0 Å². The summed E-state index contributed by atoms with van der Waals surface area (Å²) in [6.45, 7) is 1.24. The first-order valence-corrected chi connectivity index (χ1v) is 8.00. The van der Waals surface area contributed by atoms with Crippen LogP contribution in [0.1, 0.15) is 12.8 Å². The smallest absolute Gasteiger partial charge is 0.262 e. The molecule has 2 amide bonds. The molecule has 0 aromatic carbocycles. The summed E-state index contributed by atoms with van der Waals surface area (Å²) in [6.07, 6.45) is 2.38. The highest BCUT2D eigenvalue weighted by atomic mass is 32.1. The molecule has 0 spiro atoms. The second-order valence-electron chi connectivity index (χ2n) is 5.21. The van der Waals surface area contributed by atoms with Crippen molar-refractivity contribution in [3.8, 4) is 0 Å². The van der Waals surface area contributed by atoms with Gasteiger partial charge in [-0.3, -0.25) is 19.0 Å². The van der Waals surface area contributed by atoms with Crippen LogP contribution in [0.3, 0.4) is 0 Å². The molecule has 1 aliphatic heterocycles. The molecule has 3 rings (SSSR count). The summed E-state index contributed by atoms with van der Waals surface area (Å²) in [5, 5.41) is 7.92. The molecule has 3 heterocycles. The summed E-state index contributed by atoms with van der Waals surface area (Å²) in [4.78, 5) is 40.4. The fraction of sp³-hybridized carbons (Fsp3) is 0.429. The third kappa shape index (κ3) is 3.01. The van der Waals surface area contributed by atoms with Crippen LogP contribution >= 0.6 is 11.3 Å². The van der Waals surface area contributed by atoms with Crippen molar-refractivity contribution in [2.24, 2.45) is 5.92 Å². The number of hydrogen-bond donors (Lipinski definition) is 2. The Balaban J connectivity index is 1.58. The fourth-order valence-corrected chi connectivity index (χ4v) is 3.23. The number of thiophene rings is 1. The Labute approximate surface area is 130 Å². The summed E-state index contributed by atoms with van der Waals surface area (Å²) < 4.78 is 1.49. The maximum absolute atomic E-state index is 12.2. The van der Waals surface area contributed by atoms with E-state index in [-0.39, 0.29) is 29.7 Å². The molecule has 1 unspecified atom stereocenters. The number of fused-ring (bicyclic) bond motifs is 1. The molecule has 2 aromatic heterocycles. The maximum Gasteiger partial charge on any atom is 0.262 e. The third-order valence-electron chi connectivity index (χ3n) is 3.72. The minimum Gasteiger partial charge on any atom is -0.356 e. The van der Waals surface area contributed by atoms with Crippen molar-refractivity contribution in [2.45, 2.75) is 19.4 Å². The number of piperidine rings is 1. The monoisotopic (exact) mass is 320 g/mol.